The van der Waals surface area contributed by atoms with Gasteiger partial charge in [0.15, 0.2) is 0 Å². The van der Waals surface area contributed by atoms with Crippen LogP contribution in [0.15, 0.2) is 91.0 Å². The Morgan fingerprint density at radius 2 is 1.42 bits per heavy atom. The minimum atomic E-state index is -2.82. The van der Waals surface area contributed by atoms with E-state index in [1.165, 1.54) is 0 Å². The summed E-state index contributed by atoms with van der Waals surface area (Å²) in [4.78, 5) is 12.9. The van der Waals surface area contributed by atoms with Crippen molar-refractivity contribution in [3.63, 3.8) is 0 Å². The predicted octanol–water partition coefficient (Wildman–Crippen LogP) is 4.87. The van der Waals surface area contributed by atoms with E-state index in [0.717, 1.165) is 10.4 Å². The Labute approximate surface area is 231 Å². The standard InChI is InChI=1S/C31H38O5SSi/c1-22-28(36-29(33)23-15-9-6-10-16-23)27(32)26(35-30(22)37-5)21-34-38(31(2,3)4,24-17-11-7-12-18-24)25-19-13-8-14-20-25/h6-20,22,26-28,30,32H,21H2,1-5H3/t22?,26?,27-,28-,30+/m1/s1. The molecule has 0 aliphatic carbocycles. The maximum atomic E-state index is 12.9. The molecule has 4 rings (SSSR count). The maximum Gasteiger partial charge on any atom is 0.338 e. The van der Waals surface area contributed by atoms with Crippen LogP contribution in [0.25, 0.3) is 0 Å². The van der Waals surface area contributed by atoms with Gasteiger partial charge < -0.3 is 19.0 Å². The van der Waals surface area contributed by atoms with Crippen LogP contribution in [0.5, 0.6) is 0 Å². The summed E-state index contributed by atoms with van der Waals surface area (Å²) < 4.78 is 19.3. The highest BCUT2D eigenvalue weighted by atomic mass is 32.2. The van der Waals surface area contributed by atoms with Crippen LogP contribution in [-0.4, -0.2) is 56.0 Å². The van der Waals surface area contributed by atoms with Crippen LogP contribution in [0.2, 0.25) is 5.04 Å². The van der Waals surface area contributed by atoms with Gasteiger partial charge in [0.2, 0.25) is 0 Å². The van der Waals surface area contributed by atoms with Gasteiger partial charge in [-0.3, -0.25) is 0 Å². The summed E-state index contributed by atoms with van der Waals surface area (Å²) in [6.45, 7) is 8.78. The molecule has 1 aliphatic rings. The number of aliphatic hydroxyl groups is 1. The van der Waals surface area contributed by atoms with Gasteiger partial charge in [-0.05, 0) is 33.8 Å². The lowest BCUT2D eigenvalue weighted by atomic mass is 9.93. The molecule has 1 fully saturated rings. The number of ether oxygens (including phenoxy) is 2. The number of thioether (sulfide) groups is 1. The van der Waals surface area contributed by atoms with Crippen molar-refractivity contribution in [3.05, 3.63) is 96.6 Å². The lowest BCUT2D eigenvalue weighted by Gasteiger charge is -2.46. The predicted molar refractivity (Wildman–Crippen MR) is 157 cm³/mol. The van der Waals surface area contributed by atoms with E-state index in [0.29, 0.717) is 5.56 Å². The van der Waals surface area contributed by atoms with Gasteiger partial charge in [-0.15, -0.1) is 11.8 Å². The molecule has 5 atom stereocenters. The van der Waals surface area contributed by atoms with E-state index < -0.39 is 32.6 Å². The van der Waals surface area contributed by atoms with Crippen LogP contribution < -0.4 is 10.4 Å². The third-order valence-electron chi connectivity index (χ3n) is 7.34. The SMILES string of the molecule is CS[C@@H]1OC(CO[Si](c2ccccc2)(c2ccccc2)C(C)(C)C)[C@@H](O)[C@H](OC(=O)c2ccccc2)C1C. The monoisotopic (exact) mass is 550 g/mol. The van der Waals surface area contributed by atoms with Crippen molar-refractivity contribution in [3.8, 4) is 0 Å². The van der Waals surface area contributed by atoms with E-state index in [9.17, 15) is 9.90 Å². The van der Waals surface area contributed by atoms with E-state index in [4.69, 9.17) is 13.9 Å². The van der Waals surface area contributed by atoms with Crippen molar-refractivity contribution in [1.82, 2.24) is 0 Å². The highest BCUT2D eigenvalue weighted by Crippen LogP contribution is 2.39. The first-order chi connectivity index (χ1) is 18.2. The van der Waals surface area contributed by atoms with Crippen molar-refractivity contribution in [1.29, 1.82) is 0 Å². The van der Waals surface area contributed by atoms with Gasteiger partial charge in [0, 0.05) is 5.92 Å². The minimum Gasteiger partial charge on any atom is -0.455 e. The zero-order valence-corrected chi connectivity index (χ0v) is 24.6. The number of rotatable bonds is 8. The van der Waals surface area contributed by atoms with E-state index in [1.54, 1.807) is 36.0 Å². The smallest absolute Gasteiger partial charge is 0.338 e. The minimum absolute atomic E-state index is 0.178. The number of aliphatic hydroxyl groups excluding tert-OH is 1. The van der Waals surface area contributed by atoms with Gasteiger partial charge in [0.1, 0.15) is 23.7 Å². The number of carbonyl (C=O) groups is 1. The fourth-order valence-electron chi connectivity index (χ4n) is 5.37. The summed E-state index contributed by atoms with van der Waals surface area (Å²) in [5.41, 5.74) is 0.207. The molecule has 202 valence electrons. The molecule has 0 aromatic heterocycles. The quantitative estimate of drug-likeness (QED) is 0.319. The molecule has 1 N–H and O–H groups in total. The largest absolute Gasteiger partial charge is 0.455 e. The van der Waals surface area contributed by atoms with Crippen molar-refractivity contribution in [2.24, 2.45) is 5.92 Å². The summed E-state index contributed by atoms with van der Waals surface area (Å²) in [7, 11) is -2.82. The fourth-order valence-corrected chi connectivity index (χ4v) is 10.8. The van der Waals surface area contributed by atoms with Gasteiger partial charge in [-0.1, -0.05) is 107 Å². The first-order valence-corrected chi connectivity index (χ1v) is 16.3. The number of carbonyl (C=O) groups excluding carboxylic acids is 1. The lowest BCUT2D eigenvalue weighted by Crippen LogP contribution is -2.68. The molecule has 0 amide bonds. The number of esters is 1. The molecular weight excluding hydrogens is 512 g/mol. The summed E-state index contributed by atoms with van der Waals surface area (Å²) in [6.07, 6.45) is -0.436. The van der Waals surface area contributed by atoms with Crippen molar-refractivity contribution in [2.45, 2.75) is 56.5 Å². The van der Waals surface area contributed by atoms with E-state index in [-0.39, 0.29) is 23.0 Å². The number of benzene rings is 3. The summed E-state index contributed by atoms with van der Waals surface area (Å²) in [6, 6.07) is 29.7. The lowest BCUT2D eigenvalue weighted by molar-refractivity contribution is -0.180. The van der Waals surface area contributed by atoms with Crippen LogP contribution in [0.1, 0.15) is 38.1 Å². The highest BCUT2D eigenvalue weighted by molar-refractivity contribution is 7.99. The highest BCUT2D eigenvalue weighted by Gasteiger charge is 2.52. The second-order valence-corrected chi connectivity index (χ2v) is 16.1. The Kier molecular flexibility index (Phi) is 9.16. The summed E-state index contributed by atoms with van der Waals surface area (Å²) in [5.74, 6) is -0.647. The first-order valence-electron chi connectivity index (χ1n) is 13.1. The Morgan fingerprint density at radius 1 is 0.921 bits per heavy atom. The molecule has 1 aliphatic heterocycles. The second kappa shape index (κ2) is 12.2. The molecule has 1 saturated heterocycles. The van der Waals surface area contributed by atoms with Crippen LogP contribution >= 0.6 is 11.8 Å². The zero-order valence-electron chi connectivity index (χ0n) is 22.7. The first kappa shape index (κ1) is 28.6. The average molecular weight is 551 g/mol. The molecule has 0 bridgehead atoms. The van der Waals surface area contributed by atoms with Crippen LogP contribution in [0, 0.1) is 5.92 Å². The third kappa shape index (κ3) is 5.77. The van der Waals surface area contributed by atoms with Gasteiger partial charge in [-0.2, -0.15) is 0 Å². The van der Waals surface area contributed by atoms with E-state index >= 15 is 0 Å². The fraction of sp³-hybridized carbons (Fsp3) is 0.387. The van der Waals surface area contributed by atoms with Crippen molar-refractivity contribution < 1.29 is 23.8 Å². The molecule has 0 saturated carbocycles. The van der Waals surface area contributed by atoms with Gasteiger partial charge in [0.05, 0.1) is 12.2 Å². The van der Waals surface area contributed by atoms with E-state index in [1.807, 2.05) is 55.6 Å². The normalized spacial score (nSPS) is 24.1. The zero-order chi connectivity index (χ0) is 27.3. The van der Waals surface area contributed by atoms with Crippen molar-refractivity contribution in [2.75, 3.05) is 12.9 Å². The molecule has 2 unspecified atom stereocenters. The third-order valence-corrected chi connectivity index (χ3v) is 13.3. The number of hydrogen-bond donors (Lipinski definition) is 1. The Balaban J connectivity index is 1.65. The van der Waals surface area contributed by atoms with Gasteiger partial charge in [0.25, 0.3) is 8.32 Å². The summed E-state index contributed by atoms with van der Waals surface area (Å²) in [5, 5.41) is 13.6. The van der Waals surface area contributed by atoms with Crippen LogP contribution in [-0.2, 0) is 13.9 Å². The molecule has 38 heavy (non-hydrogen) atoms. The Bertz CT molecular complexity index is 1130. The average Bonchev–Trinajstić information content (AvgIpc) is 2.93. The molecule has 0 radical (unpaired) electrons. The Morgan fingerprint density at radius 3 is 1.89 bits per heavy atom. The second-order valence-electron chi connectivity index (χ2n) is 10.8. The van der Waals surface area contributed by atoms with Crippen LogP contribution in [0.4, 0.5) is 0 Å². The molecule has 1 heterocycles. The molecule has 0 spiro atoms. The maximum absolute atomic E-state index is 12.9. The molecule has 7 heteroatoms. The molecular formula is C31H38O5SSi. The number of hydrogen-bond acceptors (Lipinski definition) is 6. The molecule has 3 aromatic carbocycles. The topological polar surface area (TPSA) is 65.0 Å². The van der Waals surface area contributed by atoms with Crippen molar-refractivity contribution >= 4 is 36.4 Å². The summed E-state index contributed by atoms with van der Waals surface area (Å²) >= 11 is 1.55. The molecule has 5 nitrogen and oxygen atoms in total. The van der Waals surface area contributed by atoms with Gasteiger partial charge >= 0.3 is 5.97 Å². The molecule has 3 aromatic rings. The Hall–Kier alpha value is -2.42. The van der Waals surface area contributed by atoms with E-state index in [2.05, 4.69) is 45.0 Å². The van der Waals surface area contributed by atoms with Crippen LogP contribution in [0.3, 0.4) is 0 Å². The van der Waals surface area contributed by atoms with Gasteiger partial charge in [-0.25, -0.2) is 4.79 Å².